The average Bonchev–Trinajstić information content (AvgIpc) is 2.54. The fourth-order valence-corrected chi connectivity index (χ4v) is 4.86. The maximum absolute atomic E-state index is 13.0. The molecule has 0 atom stereocenters. The Morgan fingerprint density at radius 1 is 1.26 bits per heavy atom. The highest BCUT2D eigenvalue weighted by Crippen LogP contribution is 2.29. The highest BCUT2D eigenvalue weighted by atomic mass is 79.9. The Hall–Kier alpha value is -0.800. The Labute approximate surface area is 153 Å². The molecule has 0 saturated carbocycles. The first-order valence-corrected chi connectivity index (χ1v) is 9.81. The van der Waals surface area contributed by atoms with Gasteiger partial charge >= 0.3 is 0 Å². The molecule has 5 nitrogen and oxygen atoms in total. The Morgan fingerprint density at radius 2 is 2.04 bits per heavy atom. The van der Waals surface area contributed by atoms with E-state index in [0.717, 1.165) is 5.56 Å². The van der Waals surface area contributed by atoms with Gasteiger partial charge in [0.2, 0.25) is 10.0 Å². The van der Waals surface area contributed by atoms with Crippen LogP contribution in [0.2, 0.25) is 0 Å². The smallest absolute Gasteiger partial charge is 0.244 e. The molecule has 1 aromatic carbocycles. The average molecular weight is 464 g/mol. The van der Waals surface area contributed by atoms with Crippen LogP contribution >= 0.6 is 31.9 Å². The zero-order valence-corrected chi connectivity index (χ0v) is 16.4. The Bertz CT molecular complexity index is 755. The van der Waals surface area contributed by atoms with Crippen molar-refractivity contribution in [1.29, 1.82) is 0 Å². The largest absolute Gasteiger partial charge is 0.383 e. The molecule has 1 heterocycles. The molecule has 0 radical (unpaired) electrons. The molecule has 23 heavy (non-hydrogen) atoms. The van der Waals surface area contributed by atoms with Gasteiger partial charge in [0.25, 0.3) is 0 Å². The minimum atomic E-state index is -3.68. The van der Waals surface area contributed by atoms with E-state index in [-0.39, 0.29) is 18.0 Å². The standard InChI is InChI=1S/C15H16Br2N2O3S/c1-22-8-7-19(11-12-3-2-6-18-10-12)23(20,21)15-9-13(16)4-5-14(15)17/h2-6,9-10H,7-8,11H2,1H3. The highest BCUT2D eigenvalue weighted by Gasteiger charge is 2.27. The number of benzene rings is 1. The first-order valence-electron chi connectivity index (χ1n) is 6.78. The second-order valence-electron chi connectivity index (χ2n) is 4.77. The minimum absolute atomic E-state index is 0.215. The van der Waals surface area contributed by atoms with Crippen LogP contribution in [0.1, 0.15) is 5.56 Å². The van der Waals surface area contributed by atoms with Gasteiger partial charge in [0.05, 0.1) is 11.5 Å². The molecule has 2 aromatic rings. The number of hydrogen-bond acceptors (Lipinski definition) is 4. The van der Waals surface area contributed by atoms with E-state index >= 15 is 0 Å². The third-order valence-electron chi connectivity index (χ3n) is 3.14. The highest BCUT2D eigenvalue weighted by molar-refractivity contribution is 9.11. The van der Waals surface area contributed by atoms with Crippen molar-refractivity contribution in [2.45, 2.75) is 11.4 Å². The van der Waals surface area contributed by atoms with Crippen LogP contribution in [0.15, 0.2) is 56.6 Å². The SMILES string of the molecule is COCCN(Cc1cccnc1)S(=O)(=O)c1cc(Br)ccc1Br. The quantitative estimate of drug-likeness (QED) is 0.630. The summed E-state index contributed by atoms with van der Waals surface area (Å²) in [5.74, 6) is 0. The van der Waals surface area contributed by atoms with Crippen molar-refractivity contribution in [2.75, 3.05) is 20.3 Å². The molecule has 8 heteroatoms. The Kier molecular flexibility index (Phi) is 6.72. The van der Waals surface area contributed by atoms with Crippen LogP contribution in [0, 0.1) is 0 Å². The van der Waals surface area contributed by atoms with E-state index < -0.39 is 10.0 Å². The van der Waals surface area contributed by atoms with Gasteiger partial charge < -0.3 is 4.74 Å². The van der Waals surface area contributed by atoms with Crippen molar-refractivity contribution in [3.05, 3.63) is 57.2 Å². The van der Waals surface area contributed by atoms with Crippen LogP contribution in [-0.2, 0) is 21.3 Å². The minimum Gasteiger partial charge on any atom is -0.383 e. The molecule has 0 N–H and O–H groups in total. The molecule has 0 spiro atoms. The van der Waals surface area contributed by atoms with Crippen LogP contribution in [0.3, 0.4) is 0 Å². The maximum atomic E-state index is 13.0. The number of ether oxygens (including phenoxy) is 1. The summed E-state index contributed by atoms with van der Waals surface area (Å²) in [6.45, 7) is 0.802. The fraction of sp³-hybridized carbons (Fsp3) is 0.267. The number of nitrogens with zero attached hydrogens (tertiary/aromatic N) is 2. The predicted molar refractivity (Wildman–Crippen MR) is 95.6 cm³/mol. The third kappa shape index (κ3) is 4.84. The summed E-state index contributed by atoms with van der Waals surface area (Å²) in [7, 11) is -2.13. The van der Waals surface area contributed by atoms with E-state index in [1.165, 1.54) is 4.31 Å². The summed E-state index contributed by atoms with van der Waals surface area (Å²) in [5.41, 5.74) is 0.818. The van der Waals surface area contributed by atoms with Crippen LogP contribution in [-0.4, -0.2) is 38.0 Å². The van der Waals surface area contributed by atoms with Gasteiger partial charge in [-0.3, -0.25) is 4.98 Å². The van der Waals surface area contributed by atoms with Crippen LogP contribution < -0.4 is 0 Å². The molecular weight excluding hydrogens is 448 g/mol. The van der Waals surface area contributed by atoms with Crippen molar-refractivity contribution in [3.8, 4) is 0 Å². The van der Waals surface area contributed by atoms with Crippen molar-refractivity contribution in [2.24, 2.45) is 0 Å². The summed E-state index contributed by atoms with van der Waals surface area (Å²) >= 11 is 6.64. The van der Waals surface area contributed by atoms with E-state index in [2.05, 4.69) is 36.8 Å². The Balaban J connectivity index is 2.38. The molecule has 0 bridgehead atoms. The van der Waals surface area contributed by atoms with E-state index in [4.69, 9.17) is 4.74 Å². The molecule has 2 rings (SSSR count). The second-order valence-corrected chi connectivity index (χ2v) is 8.44. The van der Waals surface area contributed by atoms with Gasteiger partial charge in [0.15, 0.2) is 0 Å². The van der Waals surface area contributed by atoms with Gasteiger partial charge in [-0.05, 0) is 45.8 Å². The van der Waals surface area contributed by atoms with Gasteiger partial charge in [-0.1, -0.05) is 22.0 Å². The first-order chi connectivity index (χ1) is 10.9. The molecule has 0 aliphatic carbocycles. The molecule has 1 aromatic heterocycles. The molecule has 0 aliphatic heterocycles. The molecular formula is C15H16Br2N2O3S. The number of methoxy groups -OCH3 is 1. The van der Waals surface area contributed by atoms with Crippen molar-refractivity contribution in [1.82, 2.24) is 9.29 Å². The first kappa shape index (κ1) is 18.5. The topological polar surface area (TPSA) is 59.5 Å². The molecule has 124 valence electrons. The van der Waals surface area contributed by atoms with Gasteiger partial charge in [0, 0.05) is 41.5 Å². The number of aromatic nitrogens is 1. The van der Waals surface area contributed by atoms with Gasteiger partial charge in [-0.2, -0.15) is 4.31 Å². The van der Waals surface area contributed by atoms with Crippen LogP contribution in [0.5, 0.6) is 0 Å². The number of hydrogen-bond donors (Lipinski definition) is 0. The monoisotopic (exact) mass is 462 g/mol. The molecule has 0 fully saturated rings. The van der Waals surface area contributed by atoms with Gasteiger partial charge in [0.1, 0.15) is 0 Å². The number of pyridine rings is 1. The molecule has 0 amide bonds. The molecule has 0 saturated heterocycles. The number of rotatable bonds is 7. The summed E-state index contributed by atoms with van der Waals surface area (Å²) in [5, 5.41) is 0. The zero-order chi connectivity index (χ0) is 16.9. The second kappa shape index (κ2) is 8.34. The summed E-state index contributed by atoms with van der Waals surface area (Å²) in [6.07, 6.45) is 3.31. The predicted octanol–water partition coefficient (Wildman–Crippen LogP) is 3.44. The van der Waals surface area contributed by atoms with E-state index in [0.29, 0.717) is 15.6 Å². The fourth-order valence-electron chi connectivity index (χ4n) is 1.99. The van der Waals surface area contributed by atoms with Crippen molar-refractivity contribution < 1.29 is 13.2 Å². The lowest BCUT2D eigenvalue weighted by Crippen LogP contribution is -2.33. The lowest BCUT2D eigenvalue weighted by atomic mass is 10.3. The van der Waals surface area contributed by atoms with Gasteiger partial charge in [-0.15, -0.1) is 0 Å². The Morgan fingerprint density at radius 3 is 2.70 bits per heavy atom. The maximum Gasteiger partial charge on any atom is 0.244 e. The normalized spacial score (nSPS) is 11.8. The summed E-state index contributed by atoms with van der Waals surface area (Å²) in [6, 6.07) is 8.70. The van der Waals surface area contributed by atoms with E-state index in [1.807, 2.05) is 6.07 Å². The molecule has 0 aliphatic rings. The van der Waals surface area contributed by atoms with Crippen LogP contribution in [0.25, 0.3) is 0 Å². The lowest BCUT2D eigenvalue weighted by Gasteiger charge is -2.22. The summed E-state index contributed by atoms with van der Waals surface area (Å²) < 4.78 is 33.7. The summed E-state index contributed by atoms with van der Waals surface area (Å²) in [4.78, 5) is 4.25. The lowest BCUT2D eigenvalue weighted by molar-refractivity contribution is 0.177. The van der Waals surface area contributed by atoms with Crippen LogP contribution in [0.4, 0.5) is 0 Å². The van der Waals surface area contributed by atoms with E-state index in [1.54, 1.807) is 43.8 Å². The zero-order valence-electron chi connectivity index (χ0n) is 12.4. The molecule has 0 unspecified atom stereocenters. The van der Waals surface area contributed by atoms with Crippen molar-refractivity contribution in [3.63, 3.8) is 0 Å². The third-order valence-corrected chi connectivity index (χ3v) is 6.47. The van der Waals surface area contributed by atoms with E-state index in [9.17, 15) is 8.42 Å². The number of halogens is 2. The van der Waals surface area contributed by atoms with Gasteiger partial charge in [-0.25, -0.2) is 8.42 Å². The van der Waals surface area contributed by atoms with Crippen molar-refractivity contribution >= 4 is 41.9 Å². The number of sulfonamides is 1.